The maximum absolute atomic E-state index is 12.5. The molecule has 4 heterocycles. The molecule has 120 valence electrons. The monoisotopic (exact) mass is 311 g/mol. The molecular weight excluding hydrogens is 290 g/mol. The normalized spacial score (nSPS) is 26.2. The third kappa shape index (κ3) is 2.72. The van der Waals surface area contributed by atoms with Crippen molar-refractivity contribution in [1.29, 1.82) is 0 Å². The second-order valence-electron chi connectivity index (χ2n) is 6.47. The van der Waals surface area contributed by atoms with Crippen LogP contribution in [0.15, 0.2) is 40.8 Å². The fourth-order valence-electron chi connectivity index (χ4n) is 3.69. The highest BCUT2D eigenvalue weighted by atomic mass is 16.3. The number of amides is 1. The summed E-state index contributed by atoms with van der Waals surface area (Å²) < 4.78 is 5.73. The minimum atomic E-state index is -0.135. The Kier molecular flexibility index (Phi) is 3.58. The molecule has 0 saturated carbocycles. The van der Waals surface area contributed by atoms with Crippen LogP contribution in [0.4, 0.5) is 5.69 Å². The van der Waals surface area contributed by atoms with Gasteiger partial charge in [-0.15, -0.1) is 0 Å². The maximum atomic E-state index is 12.5. The summed E-state index contributed by atoms with van der Waals surface area (Å²) in [4.78, 5) is 14.9. The summed E-state index contributed by atoms with van der Waals surface area (Å²) in [5.41, 5.74) is 7.42. The molecule has 23 heavy (non-hydrogen) atoms. The van der Waals surface area contributed by atoms with E-state index in [0.29, 0.717) is 23.1 Å². The van der Waals surface area contributed by atoms with Gasteiger partial charge in [0.15, 0.2) is 5.76 Å². The van der Waals surface area contributed by atoms with Gasteiger partial charge in [0, 0.05) is 23.8 Å². The van der Waals surface area contributed by atoms with Crippen molar-refractivity contribution in [1.82, 2.24) is 10.2 Å². The zero-order valence-corrected chi connectivity index (χ0v) is 13.0. The van der Waals surface area contributed by atoms with E-state index in [1.165, 1.54) is 12.8 Å². The standard InChI is InChI=1S/C18H21N3O2/c19-14-4-2-1-3-13(14)16-5-6-17(23-16)18(22)20-15-11-21-9-7-12(15)8-10-21/h1-6,12,15H,7-11,19H2,(H,20,22). The van der Waals surface area contributed by atoms with Crippen molar-refractivity contribution < 1.29 is 9.21 Å². The molecule has 2 bridgehead atoms. The van der Waals surface area contributed by atoms with Gasteiger partial charge in [-0.3, -0.25) is 4.79 Å². The number of hydrogen-bond donors (Lipinski definition) is 2. The van der Waals surface area contributed by atoms with Gasteiger partial charge in [0.25, 0.3) is 5.91 Å². The highest BCUT2D eigenvalue weighted by molar-refractivity contribution is 5.92. The molecule has 1 aromatic heterocycles. The largest absolute Gasteiger partial charge is 0.451 e. The Morgan fingerprint density at radius 1 is 1.17 bits per heavy atom. The average Bonchev–Trinajstić information content (AvgIpc) is 3.06. The van der Waals surface area contributed by atoms with Crippen LogP contribution < -0.4 is 11.1 Å². The number of carbonyl (C=O) groups is 1. The number of piperidine rings is 3. The Labute approximate surface area is 135 Å². The van der Waals surface area contributed by atoms with E-state index in [1.807, 2.05) is 24.3 Å². The van der Waals surface area contributed by atoms with Crippen LogP contribution in [0.25, 0.3) is 11.3 Å². The first-order chi connectivity index (χ1) is 11.2. The molecular formula is C18H21N3O2. The van der Waals surface area contributed by atoms with Gasteiger partial charge in [-0.1, -0.05) is 12.1 Å². The number of benzene rings is 1. The number of carbonyl (C=O) groups excluding carboxylic acids is 1. The first-order valence-corrected chi connectivity index (χ1v) is 8.18. The SMILES string of the molecule is Nc1ccccc1-c1ccc(C(=O)NC2CN3CCC2CC3)o1. The van der Waals surface area contributed by atoms with Crippen LogP contribution in [0.5, 0.6) is 0 Å². The van der Waals surface area contributed by atoms with E-state index < -0.39 is 0 Å². The van der Waals surface area contributed by atoms with E-state index in [0.717, 1.165) is 25.2 Å². The van der Waals surface area contributed by atoms with Crippen LogP contribution in [0.3, 0.4) is 0 Å². The van der Waals surface area contributed by atoms with E-state index in [4.69, 9.17) is 10.2 Å². The molecule has 2 aromatic rings. The lowest BCUT2D eigenvalue weighted by atomic mass is 9.84. The first kappa shape index (κ1) is 14.3. The van der Waals surface area contributed by atoms with Crippen LogP contribution in [-0.2, 0) is 0 Å². The highest BCUT2D eigenvalue weighted by Crippen LogP contribution is 2.29. The van der Waals surface area contributed by atoms with E-state index in [2.05, 4.69) is 10.2 Å². The van der Waals surface area contributed by atoms with Crippen LogP contribution in [0.1, 0.15) is 23.4 Å². The van der Waals surface area contributed by atoms with Crippen molar-refractivity contribution in [3.8, 4) is 11.3 Å². The van der Waals surface area contributed by atoms with Crippen molar-refractivity contribution >= 4 is 11.6 Å². The lowest BCUT2D eigenvalue weighted by Crippen LogP contribution is -2.57. The summed E-state index contributed by atoms with van der Waals surface area (Å²) in [6.07, 6.45) is 2.35. The molecule has 1 atom stereocenters. The molecule has 3 saturated heterocycles. The second kappa shape index (κ2) is 5.74. The highest BCUT2D eigenvalue weighted by Gasteiger charge is 2.35. The predicted octanol–water partition coefficient (Wildman–Crippen LogP) is 2.35. The quantitative estimate of drug-likeness (QED) is 0.854. The molecule has 1 unspecified atom stereocenters. The minimum absolute atomic E-state index is 0.135. The van der Waals surface area contributed by atoms with Crippen LogP contribution in [-0.4, -0.2) is 36.5 Å². The Bertz CT molecular complexity index is 717. The summed E-state index contributed by atoms with van der Waals surface area (Å²) in [5, 5.41) is 3.14. The Morgan fingerprint density at radius 3 is 2.65 bits per heavy atom. The maximum Gasteiger partial charge on any atom is 0.287 e. The van der Waals surface area contributed by atoms with Gasteiger partial charge in [0.2, 0.25) is 0 Å². The number of anilines is 1. The van der Waals surface area contributed by atoms with Gasteiger partial charge in [-0.05, 0) is 56.1 Å². The van der Waals surface area contributed by atoms with Gasteiger partial charge >= 0.3 is 0 Å². The minimum Gasteiger partial charge on any atom is -0.451 e. The first-order valence-electron chi connectivity index (χ1n) is 8.18. The Hall–Kier alpha value is -2.27. The number of nitrogen functional groups attached to an aromatic ring is 1. The molecule has 0 aliphatic carbocycles. The molecule has 3 aliphatic heterocycles. The number of hydrogen-bond acceptors (Lipinski definition) is 4. The number of fused-ring (bicyclic) bond motifs is 3. The van der Waals surface area contributed by atoms with Gasteiger partial charge in [-0.2, -0.15) is 0 Å². The number of nitrogens with one attached hydrogen (secondary N) is 1. The zero-order valence-electron chi connectivity index (χ0n) is 13.0. The van der Waals surface area contributed by atoms with E-state index in [-0.39, 0.29) is 11.9 Å². The number of rotatable bonds is 3. The molecule has 3 fully saturated rings. The molecule has 5 heteroatoms. The number of nitrogens with zero attached hydrogens (tertiary/aromatic N) is 1. The van der Waals surface area contributed by atoms with Gasteiger partial charge < -0.3 is 20.4 Å². The third-order valence-electron chi connectivity index (χ3n) is 5.03. The zero-order chi connectivity index (χ0) is 15.8. The smallest absolute Gasteiger partial charge is 0.287 e. The number of nitrogens with two attached hydrogens (primary N) is 1. The van der Waals surface area contributed by atoms with Crippen LogP contribution >= 0.6 is 0 Å². The fourth-order valence-corrected chi connectivity index (χ4v) is 3.69. The third-order valence-corrected chi connectivity index (χ3v) is 5.03. The Morgan fingerprint density at radius 2 is 1.96 bits per heavy atom. The summed E-state index contributed by atoms with van der Waals surface area (Å²) in [7, 11) is 0. The molecule has 1 amide bonds. The molecule has 1 aromatic carbocycles. The van der Waals surface area contributed by atoms with Gasteiger partial charge in [0.05, 0.1) is 0 Å². The second-order valence-corrected chi connectivity index (χ2v) is 6.47. The molecule has 5 rings (SSSR count). The van der Waals surface area contributed by atoms with Crippen molar-refractivity contribution in [2.45, 2.75) is 18.9 Å². The van der Waals surface area contributed by atoms with E-state index in [9.17, 15) is 4.79 Å². The topological polar surface area (TPSA) is 71.5 Å². The lowest BCUT2D eigenvalue weighted by Gasteiger charge is -2.44. The predicted molar refractivity (Wildman–Crippen MR) is 89.0 cm³/mol. The average molecular weight is 311 g/mol. The van der Waals surface area contributed by atoms with Crippen molar-refractivity contribution in [2.24, 2.45) is 5.92 Å². The molecule has 3 aliphatic rings. The summed E-state index contributed by atoms with van der Waals surface area (Å²) in [6.45, 7) is 3.28. The van der Waals surface area contributed by atoms with E-state index in [1.54, 1.807) is 12.1 Å². The van der Waals surface area contributed by atoms with Crippen molar-refractivity contribution in [2.75, 3.05) is 25.4 Å². The fraction of sp³-hybridized carbons (Fsp3) is 0.389. The van der Waals surface area contributed by atoms with Crippen molar-refractivity contribution in [3.63, 3.8) is 0 Å². The van der Waals surface area contributed by atoms with Gasteiger partial charge in [-0.25, -0.2) is 0 Å². The summed E-state index contributed by atoms with van der Waals surface area (Å²) >= 11 is 0. The van der Waals surface area contributed by atoms with E-state index >= 15 is 0 Å². The van der Waals surface area contributed by atoms with Crippen molar-refractivity contribution in [3.05, 3.63) is 42.2 Å². The van der Waals surface area contributed by atoms with Gasteiger partial charge in [0.1, 0.15) is 5.76 Å². The molecule has 0 radical (unpaired) electrons. The summed E-state index contributed by atoms with van der Waals surface area (Å²) in [5.74, 6) is 1.44. The molecule has 3 N–H and O–H groups in total. The van der Waals surface area contributed by atoms with Crippen LogP contribution in [0, 0.1) is 5.92 Å². The van der Waals surface area contributed by atoms with Crippen LogP contribution in [0.2, 0.25) is 0 Å². The number of para-hydroxylation sites is 1. The molecule has 5 nitrogen and oxygen atoms in total. The molecule has 0 spiro atoms. The summed E-state index contributed by atoms with van der Waals surface area (Å²) in [6, 6.07) is 11.3. The Balaban J connectivity index is 1.48. The lowest BCUT2D eigenvalue weighted by molar-refractivity contribution is 0.0606. The number of furan rings is 1.